The third-order valence-corrected chi connectivity index (χ3v) is 3.45. The van der Waals surface area contributed by atoms with Gasteiger partial charge in [0.2, 0.25) is 5.82 Å². The number of hydrogen-bond acceptors (Lipinski definition) is 7. The lowest BCUT2D eigenvalue weighted by atomic mass is 10.2. The molecule has 0 aliphatic heterocycles. The summed E-state index contributed by atoms with van der Waals surface area (Å²) in [5, 5.41) is 7.85. The van der Waals surface area contributed by atoms with Gasteiger partial charge in [0.1, 0.15) is 0 Å². The van der Waals surface area contributed by atoms with Gasteiger partial charge in [-0.25, -0.2) is 0 Å². The zero-order chi connectivity index (χ0) is 18.2. The maximum absolute atomic E-state index is 5.48. The van der Waals surface area contributed by atoms with Crippen LogP contribution in [0.4, 0.5) is 0 Å². The number of nitrogens with zero attached hydrogens (tertiary/aromatic N) is 3. The van der Waals surface area contributed by atoms with E-state index in [1.165, 1.54) is 0 Å². The fourth-order valence-electron chi connectivity index (χ4n) is 2.25. The lowest BCUT2D eigenvalue weighted by Crippen LogP contribution is -1.96. The van der Waals surface area contributed by atoms with Gasteiger partial charge < -0.3 is 18.8 Å². The first kappa shape index (κ1) is 17.5. The largest absolute Gasteiger partial charge is 0.493 e. The van der Waals surface area contributed by atoms with Gasteiger partial charge >= 0.3 is 0 Å². The molecule has 3 aromatic rings. The fourth-order valence-corrected chi connectivity index (χ4v) is 2.25. The number of methoxy groups -OCH3 is 1. The van der Waals surface area contributed by atoms with Crippen molar-refractivity contribution in [2.24, 2.45) is 5.16 Å². The SMILES string of the molecule is CCOc1ccc(/C=N\OCc2nc(-c3ccccc3)no2)cc1OC. The number of aromatic nitrogens is 2. The Morgan fingerprint density at radius 3 is 2.73 bits per heavy atom. The van der Waals surface area contributed by atoms with E-state index in [4.69, 9.17) is 18.8 Å². The lowest BCUT2D eigenvalue weighted by molar-refractivity contribution is 0.107. The van der Waals surface area contributed by atoms with Gasteiger partial charge in [-0.05, 0) is 25.1 Å². The van der Waals surface area contributed by atoms with Crippen molar-refractivity contribution in [1.82, 2.24) is 10.1 Å². The van der Waals surface area contributed by atoms with Crippen LogP contribution >= 0.6 is 0 Å². The van der Waals surface area contributed by atoms with Crippen molar-refractivity contribution in [1.29, 1.82) is 0 Å². The highest BCUT2D eigenvalue weighted by Crippen LogP contribution is 2.27. The van der Waals surface area contributed by atoms with Crippen LogP contribution in [0.5, 0.6) is 11.5 Å². The Kier molecular flexibility index (Phi) is 5.82. The first-order valence-electron chi connectivity index (χ1n) is 8.14. The smallest absolute Gasteiger partial charge is 0.267 e. The fraction of sp³-hybridized carbons (Fsp3) is 0.211. The number of oxime groups is 1. The van der Waals surface area contributed by atoms with E-state index in [-0.39, 0.29) is 6.61 Å². The molecule has 2 aromatic carbocycles. The van der Waals surface area contributed by atoms with Crippen LogP contribution in [0.3, 0.4) is 0 Å². The predicted octanol–water partition coefficient (Wildman–Crippen LogP) is 3.69. The van der Waals surface area contributed by atoms with E-state index in [1.54, 1.807) is 13.3 Å². The molecule has 0 aliphatic carbocycles. The zero-order valence-corrected chi connectivity index (χ0v) is 14.6. The summed E-state index contributed by atoms with van der Waals surface area (Å²) in [6, 6.07) is 15.1. The van der Waals surface area contributed by atoms with E-state index in [9.17, 15) is 0 Å². The van der Waals surface area contributed by atoms with Crippen LogP contribution < -0.4 is 9.47 Å². The van der Waals surface area contributed by atoms with Crippen molar-refractivity contribution < 1.29 is 18.8 Å². The van der Waals surface area contributed by atoms with E-state index in [0.29, 0.717) is 29.8 Å². The highest BCUT2D eigenvalue weighted by atomic mass is 16.6. The first-order valence-corrected chi connectivity index (χ1v) is 8.14. The molecule has 26 heavy (non-hydrogen) atoms. The molecule has 1 aromatic heterocycles. The molecule has 0 unspecified atom stereocenters. The predicted molar refractivity (Wildman–Crippen MR) is 96.3 cm³/mol. The number of benzene rings is 2. The third kappa shape index (κ3) is 4.38. The molecule has 0 saturated carbocycles. The Labute approximate surface area is 151 Å². The number of ether oxygens (including phenoxy) is 2. The molecule has 0 atom stereocenters. The van der Waals surface area contributed by atoms with Gasteiger partial charge in [-0.15, -0.1) is 0 Å². The Balaban J connectivity index is 1.57. The van der Waals surface area contributed by atoms with E-state index in [1.807, 2.05) is 55.5 Å². The Hall–Kier alpha value is -3.35. The van der Waals surface area contributed by atoms with Crippen molar-refractivity contribution in [2.75, 3.05) is 13.7 Å². The molecule has 0 fully saturated rings. The summed E-state index contributed by atoms with van der Waals surface area (Å²) in [6.45, 7) is 2.58. The number of rotatable bonds is 8. The van der Waals surface area contributed by atoms with Crippen LogP contribution in [0, 0.1) is 0 Å². The molecular weight excluding hydrogens is 334 g/mol. The molecule has 0 bridgehead atoms. The molecule has 0 spiro atoms. The molecule has 1 heterocycles. The Bertz CT molecular complexity index is 862. The van der Waals surface area contributed by atoms with Gasteiger partial charge in [0.05, 0.1) is 19.9 Å². The minimum absolute atomic E-state index is 0.0878. The lowest BCUT2D eigenvalue weighted by Gasteiger charge is -2.09. The normalized spacial score (nSPS) is 10.8. The molecule has 0 aliphatic rings. The van der Waals surface area contributed by atoms with Crippen LogP contribution in [-0.2, 0) is 11.4 Å². The average Bonchev–Trinajstić information content (AvgIpc) is 3.16. The van der Waals surface area contributed by atoms with Gasteiger partial charge in [-0.1, -0.05) is 40.6 Å². The molecular formula is C19H19N3O4. The topological polar surface area (TPSA) is 79.0 Å². The van der Waals surface area contributed by atoms with Crippen LogP contribution in [0.25, 0.3) is 11.4 Å². The summed E-state index contributed by atoms with van der Waals surface area (Å²) in [5.74, 6) is 2.20. The second-order valence-corrected chi connectivity index (χ2v) is 5.23. The van der Waals surface area contributed by atoms with Gasteiger partial charge in [0, 0.05) is 11.1 Å². The van der Waals surface area contributed by atoms with Gasteiger partial charge in [-0.3, -0.25) is 0 Å². The minimum atomic E-state index is 0.0878. The molecule has 7 heteroatoms. The molecule has 3 rings (SSSR count). The highest BCUT2D eigenvalue weighted by molar-refractivity contribution is 5.80. The van der Waals surface area contributed by atoms with Crippen LogP contribution in [-0.4, -0.2) is 30.1 Å². The second kappa shape index (κ2) is 8.66. The summed E-state index contributed by atoms with van der Waals surface area (Å²) in [5.41, 5.74) is 1.70. The molecule has 0 saturated heterocycles. The summed E-state index contributed by atoms with van der Waals surface area (Å²) >= 11 is 0. The van der Waals surface area contributed by atoms with Crippen molar-refractivity contribution in [3.05, 3.63) is 60.0 Å². The first-order chi connectivity index (χ1) is 12.8. The van der Waals surface area contributed by atoms with E-state index >= 15 is 0 Å². The van der Waals surface area contributed by atoms with Gasteiger partial charge in [0.25, 0.3) is 5.89 Å². The zero-order valence-electron chi connectivity index (χ0n) is 14.6. The standard InChI is InChI=1S/C19H19N3O4/c1-3-24-16-10-9-14(11-17(16)23-2)12-20-25-13-18-21-19(22-26-18)15-7-5-4-6-8-15/h4-12H,3,13H2,1-2H3/b20-12-. The van der Waals surface area contributed by atoms with Crippen LogP contribution in [0.2, 0.25) is 0 Å². The van der Waals surface area contributed by atoms with E-state index in [0.717, 1.165) is 11.1 Å². The van der Waals surface area contributed by atoms with Crippen molar-refractivity contribution in [3.8, 4) is 22.9 Å². The second-order valence-electron chi connectivity index (χ2n) is 5.23. The van der Waals surface area contributed by atoms with Crippen molar-refractivity contribution >= 4 is 6.21 Å². The summed E-state index contributed by atoms with van der Waals surface area (Å²) in [6.07, 6.45) is 1.58. The minimum Gasteiger partial charge on any atom is -0.493 e. The highest BCUT2D eigenvalue weighted by Gasteiger charge is 2.08. The quantitative estimate of drug-likeness (QED) is 0.454. The summed E-state index contributed by atoms with van der Waals surface area (Å²) in [7, 11) is 1.59. The van der Waals surface area contributed by atoms with Gasteiger partial charge in [-0.2, -0.15) is 4.98 Å². The summed E-state index contributed by atoms with van der Waals surface area (Å²) in [4.78, 5) is 9.50. The van der Waals surface area contributed by atoms with Gasteiger partial charge in [0.15, 0.2) is 18.1 Å². The molecule has 7 nitrogen and oxygen atoms in total. The Morgan fingerprint density at radius 1 is 1.12 bits per heavy atom. The molecule has 134 valence electrons. The monoisotopic (exact) mass is 353 g/mol. The van der Waals surface area contributed by atoms with E-state index < -0.39 is 0 Å². The van der Waals surface area contributed by atoms with Crippen molar-refractivity contribution in [2.45, 2.75) is 13.5 Å². The third-order valence-electron chi connectivity index (χ3n) is 3.45. The maximum Gasteiger partial charge on any atom is 0.267 e. The van der Waals surface area contributed by atoms with Crippen molar-refractivity contribution in [3.63, 3.8) is 0 Å². The Morgan fingerprint density at radius 2 is 1.96 bits per heavy atom. The molecule has 0 N–H and O–H groups in total. The molecule has 0 amide bonds. The average molecular weight is 353 g/mol. The van der Waals surface area contributed by atoms with Crippen LogP contribution in [0.1, 0.15) is 18.4 Å². The van der Waals surface area contributed by atoms with Crippen LogP contribution in [0.15, 0.2) is 58.2 Å². The van der Waals surface area contributed by atoms with E-state index in [2.05, 4.69) is 15.3 Å². The molecule has 0 radical (unpaired) electrons. The number of hydrogen-bond donors (Lipinski definition) is 0. The summed E-state index contributed by atoms with van der Waals surface area (Å²) < 4.78 is 15.9. The maximum atomic E-state index is 5.48.